The van der Waals surface area contributed by atoms with Crippen molar-refractivity contribution < 1.29 is 14.3 Å². The SMILES string of the molecule is CCOC(=O)C1=C(C)N=c2sc(=Cc3ccc(Cl)cc3)c(=O)n2C1c1ccc(OC)c(Br)c1. The molecule has 2 heterocycles. The van der Waals surface area contributed by atoms with E-state index in [2.05, 4.69) is 20.9 Å². The van der Waals surface area contributed by atoms with Crippen LogP contribution in [0.25, 0.3) is 6.08 Å². The number of aromatic nitrogens is 1. The molecular formula is C24H20BrClN2O4S. The molecule has 2 aromatic carbocycles. The number of carbonyl (C=O) groups is 1. The monoisotopic (exact) mass is 546 g/mol. The average molecular weight is 548 g/mol. The molecule has 0 spiro atoms. The number of rotatable bonds is 5. The zero-order chi connectivity index (χ0) is 23.7. The Morgan fingerprint density at radius 3 is 2.64 bits per heavy atom. The van der Waals surface area contributed by atoms with E-state index in [1.807, 2.05) is 24.3 Å². The van der Waals surface area contributed by atoms with E-state index < -0.39 is 12.0 Å². The number of carbonyl (C=O) groups excluding carboxylic acids is 1. The first-order chi connectivity index (χ1) is 15.8. The molecular weight excluding hydrogens is 528 g/mol. The second-order valence-corrected chi connectivity index (χ2v) is 9.55. The highest BCUT2D eigenvalue weighted by Crippen LogP contribution is 2.34. The molecule has 3 aromatic rings. The Hall–Kier alpha value is -2.68. The maximum Gasteiger partial charge on any atom is 0.338 e. The largest absolute Gasteiger partial charge is 0.496 e. The molecule has 0 bridgehead atoms. The van der Waals surface area contributed by atoms with Crippen LogP contribution in [0.5, 0.6) is 5.75 Å². The van der Waals surface area contributed by atoms with Gasteiger partial charge in [-0.15, -0.1) is 0 Å². The predicted molar refractivity (Wildman–Crippen MR) is 133 cm³/mol. The second-order valence-electron chi connectivity index (χ2n) is 7.25. The Morgan fingerprint density at radius 1 is 1.27 bits per heavy atom. The van der Waals surface area contributed by atoms with E-state index in [0.717, 1.165) is 11.1 Å². The van der Waals surface area contributed by atoms with Gasteiger partial charge in [0.1, 0.15) is 5.75 Å². The first kappa shape index (κ1) is 23.5. The zero-order valence-corrected chi connectivity index (χ0v) is 21.3. The molecule has 170 valence electrons. The Bertz CT molecular complexity index is 1440. The van der Waals surface area contributed by atoms with Gasteiger partial charge < -0.3 is 9.47 Å². The molecule has 0 fully saturated rings. The smallest absolute Gasteiger partial charge is 0.338 e. The molecule has 1 atom stereocenters. The van der Waals surface area contributed by atoms with Crippen LogP contribution >= 0.6 is 38.9 Å². The number of methoxy groups -OCH3 is 1. The molecule has 1 aliphatic rings. The fraction of sp³-hybridized carbons (Fsp3) is 0.208. The van der Waals surface area contributed by atoms with Crippen LogP contribution in [0, 0.1) is 0 Å². The van der Waals surface area contributed by atoms with E-state index in [1.54, 1.807) is 49.8 Å². The number of benzene rings is 2. The van der Waals surface area contributed by atoms with Crippen LogP contribution in [0.2, 0.25) is 5.02 Å². The van der Waals surface area contributed by atoms with E-state index in [-0.39, 0.29) is 12.2 Å². The summed E-state index contributed by atoms with van der Waals surface area (Å²) in [6.07, 6.45) is 1.80. The Morgan fingerprint density at radius 2 is 2.00 bits per heavy atom. The molecule has 0 saturated carbocycles. The summed E-state index contributed by atoms with van der Waals surface area (Å²) in [4.78, 5) is 31.6. The summed E-state index contributed by atoms with van der Waals surface area (Å²) >= 11 is 10.8. The van der Waals surface area contributed by atoms with Crippen LogP contribution in [-0.4, -0.2) is 24.3 Å². The van der Waals surface area contributed by atoms with Crippen molar-refractivity contribution in [2.75, 3.05) is 13.7 Å². The van der Waals surface area contributed by atoms with Crippen LogP contribution in [0.3, 0.4) is 0 Å². The Balaban J connectivity index is 1.96. The molecule has 0 radical (unpaired) electrons. The number of allylic oxidation sites excluding steroid dienone is 1. The van der Waals surface area contributed by atoms with Gasteiger partial charge in [-0.1, -0.05) is 41.1 Å². The standard InChI is InChI=1S/C24H20BrClN2O4S/c1-4-32-23(30)20-13(2)27-24-28(21(20)15-7-10-18(31-3)17(25)12-15)22(29)19(33-24)11-14-5-8-16(26)9-6-14/h5-12,21H,4H2,1-3H3. The lowest BCUT2D eigenvalue weighted by Gasteiger charge is -2.25. The third-order valence-electron chi connectivity index (χ3n) is 5.18. The minimum atomic E-state index is -0.685. The highest BCUT2D eigenvalue weighted by atomic mass is 79.9. The van der Waals surface area contributed by atoms with Gasteiger partial charge in [0.25, 0.3) is 5.56 Å². The van der Waals surface area contributed by atoms with Gasteiger partial charge in [-0.25, -0.2) is 9.79 Å². The van der Waals surface area contributed by atoms with E-state index in [4.69, 9.17) is 21.1 Å². The molecule has 0 saturated heterocycles. The highest BCUT2D eigenvalue weighted by molar-refractivity contribution is 9.10. The first-order valence-corrected chi connectivity index (χ1v) is 12.1. The van der Waals surface area contributed by atoms with Gasteiger partial charge in [0.2, 0.25) is 0 Å². The van der Waals surface area contributed by atoms with Gasteiger partial charge in [0, 0.05) is 5.02 Å². The normalized spacial score (nSPS) is 15.8. The molecule has 33 heavy (non-hydrogen) atoms. The number of halogens is 2. The molecule has 0 N–H and O–H groups in total. The van der Waals surface area contributed by atoms with E-state index in [0.29, 0.717) is 35.8 Å². The van der Waals surface area contributed by atoms with Crippen LogP contribution in [0.1, 0.15) is 31.0 Å². The van der Waals surface area contributed by atoms with Crippen molar-refractivity contribution in [3.8, 4) is 5.75 Å². The maximum absolute atomic E-state index is 13.6. The van der Waals surface area contributed by atoms with Gasteiger partial charge in [-0.2, -0.15) is 0 Å². The number of hydrogen-bond donors (Lipinski definition) is 0. The summed E-state index contributed by atoms with van der Waals surface area (Å²) in [5.41, 5.74) is 2.19. The van der Waals surface area contributed by atoms with Gasteiger partial charge in [-0.3, -0.25) is 9.36 Å². The van der Waals surface area contributed by atoms with Crippen molar-refractivity contribution in [3.63, 3.8) is 0 Å². The Kier molecular flexibility index (Phi) is 6.88. The molecule has 0 amide bonds. The molecule has 1 aromatic heterocycles. The van der Waals surface area contributed by atoms with Crippen LogP contribution < -0.4 is 19.6 Å². The molecule has 1 aliphatic heterocycles. The van der Waals surface area contributed by atoms with Crippen molar-refractivity contribution in [1.29, 1.82) is 0 Å². The van der Waals surface area contributed by atoms with Crippen LogP contribution in [-0.2, 0) is 9.53 Å². The zero-order valence-electron chi connectivity index (χ0n) is 18.1. The van der Waals surface area contributed by atoms with Gasteiger partial charge in [-0.05, 0) is 71.2 Å². The van der Waals surface area contributed by atoms with Crippen molar-refractivity contribution in [1.82, 2.24) is 4.57 Å². The van der Waals surface area contributed by atoms with E-state index in [1.165, 1.54) is 11.3 Å². The number of fused-ring (bicyclic) bond motifs is 1. The minimum Gasteiger partial charge on any atom is -0.496 e. The van der Waals surface area contributed by atoms with E-state index in [9.17, 15) is 9.59 Å². The summed E-state index contributed by atoms with van der Waals surface area (Å²) in [5, 5.41) is 0.619. The summed E-state index contributed by atoms with van der Waals surface area (Å²) in [5.74, 6) is 0.148. The average Bonchev–Trinajstić information content (AvgIpc) is 3.09. The Labute approximate surface area is 207 Å². The number of thiazole rings is 1. The fourth-order valence-corrected chi connectivity index (χ4v) is 5.40. The summed E-state index contributed by atoms with van der Waals surface area (Å²) in [6.45, 7) is 3.72. The van der Waals surface area contributed by atoms with Gasteiger partial charge >= 0.3 is 5.97 Å². The molecule has 6 nitrogen and oxygen atoms in total. The molecule has 1 unspecified atom stereocenters. The minimum absolute atomic E-state index is 0.218. The van der Waals surface area contributed by atoms with Gasteiger partial charge in [0.05, 0.1) is 40.0 Å². The maximum atomic E-state index is 13.6. The van der Waals surface area contributed by atoms with Crippen LogP contribution in [0.4, 0.5) is 0 Å². The topological polar surface area (TPSA) is 69.9 Å². The first-order valence-electron chi connectivity index (χ1n) is 10.1. The second kappa shape index (κ2) is 9.67. The van der Waals surface area contributed by atoms with Crippen molar-refractivity contribution >= 4 is 50.9 Å². The third kappa shape index (κ3) is 4.55. The lowest BCUT2D eigenvalue weighted by Crippen LogP contribution is -2.39. The number of hydrogen-bond acceptors (Lipinski definition) is 6. The van der Waals surface area contributed by atoms with Gasteiger partial charge in [0.15, 0.2) is 4.80 Å². The predicted octanol–water partition coefficient (Wildman–Crippen LogP) is 4.22. The molecule has 4 rings (SSSR count). The summed E-state index contributed by atoms with van der Waals surface area (Å²) in [6, 6.07) is 12.0. The number of nitrogens with zero attached hydrogens (tertiary/aromatic N) is 2. The lowest BCUT2D eigenvalue weighted by molar-refractivity contribution is -0.139. The number of ether oxygens (including phenoxy) is 2. The fourth-order valence-electron chi connectivity index (χ4n) is 3.67. The van der Waals surface area contributed by atoms with Crippen LogP contribution in [0.15, 0.2) is 68.0 Å². The summed E-state index contributed by atoms with van der Waals surface area (Å²) in [7, 11) is 1.58. The summed E-state index contributed by atoms with van der Waals surface area (Å²) < 4.78 is 13.4. The van der Waals surface area contributed by atoms with E-state index >= 15 is 0 Å². The van der Waals surface area contributed by atoms with Crippen molar-refractivity contribution in [3.05, 3.63) is 94.0 Å². The number of esters is 1. The molecule has 0 aliphatic carbocycles. The molecule has 9 heteroatoms. The highest BCUT2D eigenvalue weighted by Gasteiger charge is 2.33. The quantitative estimate of drug-likeness (QED) is 0.449. The lowest BCUT2D eigenvalue weighted by atomic mass is 9.96. The van der Waals surface area contributed by atoms with Crippen molar-refractivity contribution in [2.24, 2.45) is 4.99 Å². The van der Waals surface area contributed by atoms with Crippen molar-refractivity contribution in [2.45, 2.75) is 19.9 Å². The third-order valence-corrected chi connectivity index (χ3v) is 7.03.